The third-order valence-corrected chi connectivity index (χ3v) is 13.1. The molecular weight excluding hydrogens is 765 g/mol. The third kappa shape index (κ3) is 6.31. The number of anilines is 2. The Hall–Kier alpha value is -4.66. The average molecular weight is 800 g/mol. The summed E-state index contributed by atoms with van der Waals surface area (Å²) in [5.41, 5.74) is 1.90. The highest BCUT2D eigenvalue weighted by molar-refractivity contribution is 7.23. The quantitative estimate of drug-likeness (QED) is 0.156. The van der Waals surface area contributed by atoms with Crippen molar-refractivity contribution in [3.8, 4) is 23.2 Å². The predicted octanol–water partition coefficient (Wildman–Crippen LogP) is 8.33. The Balaban J connectivity index is 1.30. The number of amides is 1. The standard InChI is InChI=1S/C38H35F6N7O2S2/c1-3-51(21-9-12-49(17-21)35(52)27-8-5-19(2)54-27)34-23-13-25(38(42,43)44)29(22-6-7-26(40)32-28(22)24(15-45)33(46)55-32)30(41)31(23)47-36(48-34)53-18-37-10-4-11-50(37)16-20(39)14-37/h5-8,13,20-21H,3-4,9-12,14,16-18,46H2,1-2H3. The molecule has 3 aliphatic heterocycles. The van der Waals surface area contributed by atoms with Gasteiger partial charge in [-0.3, -0.25) is 9.69 Å². The molecule has 3 unspecified atom stereocenters. The minimum absolute atomic E-state index is 0.0240. The Morgan fingerprint density at radius 2 is 1.96 bits per heavy atom. The Bertz CT molecular complexity index is 2390. The van der Waals surface area contributed by atoms with E-state index in [2.05, 4.69) is 9.97 Å². The number of ether oxygens (including phenoxy) is 1. The summed E-state index contributed by atoms with van der Waals surface area (Å²) in [6.07, 6.45) is -4.02. The number of nitrogens with two attached hydrogens (primary N) is 1. The van der Waals surface area contributed by atoms with E-state index >= 15 is 22.0 Å². The zero-order chi connectivity index (χ0) is 39.0. The van der Waals surface area contributed by atoms with Crippen molar-refractivity contribution in [2.24, 2.45) is 0 Å². The van der Waals surface area contributed by atoms with E-state index in [-0.39, 0.29) is 82.0 Å². The highest BCUT2D eigenvalue weighted by atomic mass is 32.1. The van der Waals surface area contributed by atoms with Crippen LogP contribution in [0.2, 0.25) is 0 Å². The number of fused-ring (bicyclic) bond motifs is 3. The molecule has 1 amide bonds. The number of thiophene rings is 2. The van der Waals surface area contributed by atoms with E-state index in [0.717, 1.165) is 29.5 Å². The molecule has 288 valence electrons. The van der Waals surface area contributed by atoms with Gasteiger partial charge in [-0.25, -0.2) is 13.2 Å². The Morgan fingerprint density at radius 3 is 2.67 bits per heavy atom. The fraction of sp³-hybridized carbons (Fsp3) is 0.421. The summed E-state index contributed by atoms with van der Waals surface area (Å²) < 4.78 is 98.5. The second-order valence-corrected chi connectivity index (χ2v) is 16.7. The van der Waals surface area contributed by atoms with Gasteiger partial charge in [-0.2, -0.15) is 28.4 Å². The summed E-state index contributed by atoms with van der Waals surface area (Å²) in [6, 6.07) is 7.42. The largest absolute Gasteiger partial charge is 0.461 e. The number of alkyl halides is 4. The second-order valence-electron chi connectivity index (χ2n) is 14.3. The minimum atomic E-state index is -5.13. The van der Waals surface area contributed by atoms with Crippen LogP contribution in [0.3, 0.4) is 0 Å². The van der Waals surface area contributed by atoms with Crippen LogP contribution in [-0.4, -0.2) is 82.8 Å². The van der Waals surface area contributed by atoms with Crippen LogP contribution in [0.1, 0.15) is 58.3 Å². The summed E-state index contributed by atoms with van der Waals surface area (Å²) in [6.45, 7) is 5.43. The number of aryl methyl sites for hydroxylation is 1. The lowest BCUT2D eigenvalue weighted by molar-refractivity contribution is -0.137. The number of halogens is 6. The lowest BCUT2D eigenvalue weighted by atomic mass is 9.92. The molecular formula is C38H35F6N7O2S2. The first-order valence-corrected chi connectivity index (χ1v) is 19.5. The number of rotatable bonds is 8. The van der Waals surface area contributed by atoms with Crippen LogP contribution < -0.4 is 15.4 Å². The fourth-order valence-electron chi connectivity index (χ4n) is 8.58. The molecule has 8 rings (SSSR count). The summed E-state index contributed by atoms with van der Waals surface area (Å²) in [7, 11) is 0. The molecule has 2 N–H and O–H groups in total. The van der Waals surface area contributed by atoms with Crippen LogP contribution in [0.15, 0.2) is 30.3 Å². The molecule has 3 saturated heterocycles. The van der Waals surface area contributed by atoms with E-state index in [1.807, 2.05) is 24.0 Å². The molecule has 3 fully saturated rings. The van der Waals surface area contributed by atoms with Gasteiger partial charge in [0.1, 0.15) is 41.0 Å². The van der Waals surface area contributed by atoms with E-state index in [4.69, 9.17) is 10.5 Å². The molecule has 3 atom stereocenters. The van der Waals surface area contributed by atoms with E-state index < -0.39 is 52.2 Å². The van der Waals surface area contributed by atoms with E-state index in [9.17, 15) is 14.4 Å². The van der Waals surface area contributed by atoms with Gasteiger partial charge < -0.3 is 20.3 Å². The molecule has 0 spiro atoms. The topological polar surface area (TPSA) is 112 Å². The van der Waals surface area contributed by atoms with Crippen LogP contribution in [0.5, 0.6) is 6.01 Å². The van der Waals surface area contributed by atoms with Crippen molar-refractivity contribution in [1.82, 2.24) is 19.8 Å². The monoisotopic (exact) mass is 799 g/mol. The molecule has 0 bridgehead atoms. The number of carbonyl (C=O) groups is 1. The van der Waals surface area contributed by atoms with Crippen molar-refractivity contribution in [1.29, 1.82) is 5.26 Å². The first-order chi connectivity index (χ1) is 26.2. The van der Waals surface area contributed by atoms with Gasteiger partial charge in [-0.05, 0) is 69.5 Å². The number of nitrogens with zero attached hydrogens (tertiary/aromatic N) is 6. The van der Waals surface area contributed by atoms with Crippen molar-refractivity contribution in [2.45, 2.75) is 63.5 Å². The number of nitriles is 1. The summed E-state index contributed by atoms with van der Waals surface area (Å²) >= 11 is 2.05. The van der Waals surface area contributed by atoms with E-state index in [0.29, 0.717) is 42.1 Å². The zero-order valence-electron chi connectivity index (χ0n) is 29.8. The van der Waals surface area contributed by atoms with Crippen LogP contribution >= 0.6 is 22.7 Å². The van der Waals surface area contributed by atoms with Gasteiger partial charge in [0.15, 0.2) is 5.82 Å². The summed E-state index contributed by atoms with van der Waals surface area (Å²) in [4.78, 5) is 29.4. The molecule has 17 heteroatoms. The minimum Gasteiger partial charge on any atom is -0.461 e. The maximum absolute atomic E-state index is 17.3. The van der Waals surface area contributed by atoms with Crippen LogP contribution in [0.25, 0.3) is 32.1 Å². The maximum atomic E-state index is 17.3. The van der Waals surface area contributed by atoms with Crippen molar-refractivity contribution >= 4 is 60.4 Å². The Kier molecular flexibility index (Phi) is 9.37. The lowest BCUT2D eigenvalue weighted by Gasteiger charge is -2.32. The SMILES string of the molecule is CCN(c1nc(OCC23CCCN2CC(F)C3)nc2c(F)c(-c3ccc(F)c4sc(N)c(C#N)c34)c(C(F)(F)F)cc12)C1CCN(C(=O)c2ccc(C)s2)C1. The Labute approximate surface area is 319 Å². The van der Waals surface area contributed by atoms with Crippen molar-refractivity contribution < 1.29 is 35.9 Å². The molecule has 0 saturated carbocycles. The normalized spacial score (nSPS) is 21.5. The molecule has 3 aliphatic rings. The van der Waals surface area contributed by atoms with Gasteiger partial charge in [0.05, 0.1) is 26.2 Å². The highest BCUT2D eigenvalue weighted by Crippen LogP contribution is 2.48. The van der Waals surface area contributed by atoms with Crippen molar-refractivity contribution in [3.63, 3.8) is 0 Å². The van der Waals surface area contributed by atoms with Crippen LogP contribution in [-0.2, 0) is 6.18 Å². The third-order valence-electron chi connectivity index (χ3n) is 11.1. The van der Waals surface area contributed by atoms with Crippen molar-refractivity contribution in [2.75, 3.05) is 50.0 Å². The molecule has 5 aromatic rings. The van der Waals surface area contributed by atoms with Crippen molar-refractivity contribution in [3.05, 3.63) is 62.8 Å². The van der Waals surface area contributed by atoms with Gasteiger partial charge in [0, 0.05) is 59.9 Å². The number of hydrogen-bond acceptors (Lipinski definition) is 10. The van der Waals surface area contributed by atoms with E-state index in [1.54, 1.807) is 22.8 Å². The number of likely N-dealkylation sites (tertiary alicyclic amines) is 1. The van der Waals surface area contributed by atoms with Crippen LogP contribution in [0, 0.1) is 29.9 Å². The van der Waals surface area contributed by atoms with Gasteiger partial charge in [0.2, 0.25) is 0 Å². The summed E-state index contributed by atoms with van der Waals surface area (Å²) in [5.74, 6) is -2.39. The first kappa shape index (κ1) is 37.3. The number of likely N-dealkylation sites (N-methyl/N-ethyl adjacent to an activating group) is 1. The second kappa shape index (κ2) is 13.8. The molecule has 0 aliphatic carbocycles. The molecule has 9 nitrogen and oxygen atoms in total. The molecule has 6 heterocycles. The first-order valence-electron chi connectivity index (χ1n) is 17.9. The average Bonchev–Trinajstić information content (AvgIpc) is 3.97. The maximum Gasteiger partial charge on any atom is 0.417 e. The molecule has 0 radical (unpaired) electrons. The number of aromatic nitrogens is 2. The highest BCUT2D eigenvalue weighted by Gasteiger charge is 2.49. The molecule has 2 aromatic carbocycles. The molecule has 55 heavy (non-hydrogen) atoms. The predicted molar refractivity (Wildman–Crippen MR) is 199 cm³/mol. The fourth-order valence-corrected chi connectivity index (χ4v) is 10.4. The summed E-state index contributed by atoms with van der Waals surface area (Å²) in [5, 5.41) is 9.27. The zero-order valence-corrected chi connectivity index (χ0v) is 31.4. The smallest absolute Gasteiger partial charge is 0.417 e. The van der Waals surface area contributed by atoms with Gasteiger partial charge in [-0.1, -0.05) is 6.07 Å². The van der Waals surface area contributed by atoms with Crippen LogP contribution in [0.4, 0.5) is 37.2 Å². The number of hydrogen-bond donors (Lipinski definition) is 1. The molecule has 3 aromatic heterocycles. The van der Waals surface area contributed by atoms with Gasteiger partial charge in [0.25, 0.3) is 5.91 Å². The Morgan fingerprint density at radius 1 is 1.16 bits per heavy atom. The number of nitrogen functional groups attached to an aromatic ring is 1. The number of carbonyl (C=O) groups excluding carboxylic acids is 1. The number of benzene rings is 2. The van der Waals surface area contributed by atoms with Gasteiger partial charge in [-0.15, -0.1) is 22.7 Å². The lowest BCUT2D eigenvalue weighted by Crippen LogP contribution is -2.43. The van der Waals surface area contributed by atoms with Gasteiger partial charge >= 0.3 is 12.2 Å². The van der Waals surface area contributed by atoms with E-state index in [1.165, 1.54) is 11.3 Å².